The van der Waals surface area contributed by atoms with Crippen molar-refractivity contribution in [2.24, 2.45) is 0 Å². The molecule has 0 unspecified atom stereocenters. The molecular weight excluding hydrogens is 486 g/mol. The molecule has 0 spiro atoms. The molecule has 39 heavy (non-hydrogen) atoms. The van der Waals surface area contributed by atoms with Crippen LogP contribution < -0.4 is 15.5 Å². The van der Waals surface area contributed by atoms with Gasteiger partial charge in [0.1, 0.15) is 5.82 Å². The van der Waals surface area contributed by atoms with E-state index in [1.54, 1.807) is 30.9 Å². The zero-order valence-electron chi connectivity index (χ0n) is 21.5. The summed E-state index contributed by atoms with van der Waals surface area (Å²) in [5, 5.41) is 6.31. The molecule has 1 aliphatic heterocycles. The molecule has 0 bridgehead atoms. The summed E-state index contributed by atoms with van der Waals surface area (Å²) in [5.41, 5.74) is 7.39. The van der Waals surface area contributed by atoms with E-state index in [-0.39, 0.29) is 5.91 Å². The number of nitrogens with one attached hydrogen (secondary N) is 2. The van der Waals surface area contributed by atoms with Crippen LogP contribution in [0.3, 0.4) is 0 Å². The molecule has 0 atom stereocenters. The second kappa shape index (κ2) is 10.7. The third-order valence-corrected chi connectivity index (χ3v) is 6.82. The average molecular weight is 514 g/mol. The first-order chi connectivity index (χ1) is 19.1. The summed E-state index contributed by atoms with van der Waals surface area (Å²) in [6.45, 7) is 3.64. The topological polar surface area (TPSA) is 95.9 Å². The number of carbonyl (C=O) groups excluding carboxylic acids is 1. The number of benzene rings is 2. The maximum Gasteiger partial charge on any atom is 0.255 e. The smallest absolute Gasteiger partial charge is 0.255 e. The van der Waals surface area contributed by atoms with Crippen molar-refractivity contribution in [3.8, 4) is 11.3 Å². The van der Waals surface area contributed by atoms with Crippen molar-refractivity contribution in [3.05, 3.63) is 120 Å². The monoisotopic (exact) mass is 513 g/mol. The van der Waals surface area contributed by atoms with Crippen molar-refractivity contribution in [2.45, 2.75) is 19.9 Å². The molecule has 4 heterocycles. The van der Waals surface area contributed by atoms with Crippen molar-refractivity contribution in [1.82, 2.24) is 19.9 Å². The maximum atomic E-state index is 13.2. The molecule has 5 aromatic rings. The average Bonchev–Trinajstić information content (AvgIpc) is 2.99. The van der Waals surface area contributed by atoms with Gasteiger partial charge in [0.25, 0.3) is 5.91 Å². The molecule has 0 aliphatic carbocycles. The molecule has 2 aromatic carbocycles. The SMILES string of the molecule is Cc1ccc(NC(=O)c2ccnc(N3CCc4ccccc4C3)c2)cc1Nc1nccc(-c2cccnc2)n1. The van der Waals surface area contributed by atoms with Gasteiger partial charge in [-0.05, 0) is 72.5 Å². The summed E-state index contributed by atoms with van der Waals surface area (Å²) in [5.74, 6) is 1.07. The molecule has 6 rings (SSSR count). The van der Waals surface area contributed by atoms with Crippen LogP contribution in [-0.2, 0) is 13.0 Å². The van der Waals surface area contributed by atoms with Crippen LogP contribution >= 0.6 is 0 Å². The molecule has 192 valence electrons. The van der Waals surface area contributed by atoms with Gasteiger partial charge in [-0.2, -0.15) is 0 Å². The molecule has 1 amide bonds. The highest BCUT2D eigenvalue weighted by Crippen LogP contribution is 2.26. The van der Waals surface area contributed by atoms with E-state index in [1.165, 1.54) is 11.1 Å². The van der Waals surface area contributed by atoms with E-state index in [2.05, 4.69) is 59.7 Å². The summed E-state index contributed by atoms with van der Waals surface area (Å²) < 4.78 is 0. The summed E-state index contributed by atoms with van der Waals surface area (Å²) in [6, 6.07) is 23.5. The van der Waals surface area contributed by atoms with Gasteiger partial charge in [-0.3, -0.25) is 9.78 Å². The first-order valence-electron chi connectivity index (χ1n) is 12.8. The van der Waals surface area contributed by atoms with Gasteiger partial charge in [0, 0.05) is 60.4 Å². The van der Waals surface area contributed by atoms with Gasteiger partial charge in [-0.25, -0.2) is 15.0 Å². The van der Waals surface area contributed by atoms with Crippen LogP contribution in [0.1, 0.15) is 27.0 Å². The Morgan fingerprint density at radius 1 is 0.897 bits per heavy atom. The van der Waals surface area contributed by atoms with E-state index in [0.717, 1.165) is 47.8 Å². The lowest BCUT2D eigenvalue weighted by Crippen LogP contribution is -2.31. The molecular formula is C31H27N7O. The van der Waals surface area contributed by atoms with E-state index in [4.69, 9.17) is 0 Å². The van der Waals surface area contributed by atoms with Crippen LogP contribution in [-0.4, -0.2) is 32.4 Å². The fraction of sp³-hybridized carbons (Fsp3) is 0.129. The minimum Gasteiger partial charge on any atom is -0.352 e. The van der Waals surface area contributed by atoms with Crippen molar-refractivity contribution in [1.29, 1.82) is 0 Å². The number of rotatable bonds is 6. The first-order valence-corrected chi connectivity index (χ1v) is 12.8. The zero-order valence-corrected chi connectivity index (χ0v) is 21.5. The highest BCUT2D eigenvalue weighted by Gasteiger charge is 2.18. The molecule has 1 aliphatic rings. The number of nitrogens with zero attached hydrogens (tertiary/aromatic N) is 5. The van der Waals surface area contributed by atoms with E-state index in [0.29, 0.717) is 17.2 Å². The van der Waals surface area contributed by atoms with Gasteiger partial charge in [-0.1, -0.05) is 30.3 Å². The molecule has 8 nitrogen and oxygen atoms in total. The molecule has 0 fully saturated rings. The molecule has 3 aromatic heterocycles. The summed E-state index contributed by atoms with van der Waals surface area (Å²) >= 11 is 0. The third kappa shape index (κ3) is 5.45. The molecule has 0 saturated heterocycles. The molecule has 0 radical (unpaired) electrons. The summed E-state index contributed by atoms with van der Waals surface area (Å²) in [6.07, 6.45) is 7.86. The fourth-order valence-corrected chi connectivity index (χ4v) is 4.68. The Morgan fingerprint density at radius 3 is 2.64 bits per heavy atom. The van der Waals surface area contributed by atoms with Crippen LogP contribution in [0, 0.1) is 6.92 Å². The quantitative estimate of drug-likeness (QED) is 0.296. The fourth-order valence-electron chi connectivity index (χ4n) is 4.68. The number of fused-ring (bicyclic) bond motifs is 1. The Kier molecular flexibility index (Phi) is 6.66. The van der Waals surface area contributed by atoms with E-state index >= 15 is 0 Å². The maximum absolute atomic E-state index is 13.2. The van der Waals surface area contributed by atoms with Gasteiger partial charge in [-0.15, -0.1) is 0 Å². The van der Waals surface area contributed by atoms with Crippen molar-refractivity contribution in [3.63, 3.8) is 0 Å². The minimum atomic E-state index is -0.194. The van der Waals surface area contributed by atoms with Crippen molar-refractivity contribution >= 4 is 29.0 Å². The molecule has 0 saturated carbocycles. The third-order valence-electron chi connectivity index (χ3n) is 6.82. The van der Waals surface area contributed by atoms with Crippen LogP contribution in [0.4, 0.5) is 23.1 Å². The highest BCUT2D eigenvalue weighted by molar-refractivity contribution is 6.05. The number of anilines is 4. The lowest BCUT2D eigenvalue weighted by molar-refractivity contribution is 0.102. The van der Waals surface area contributed by atoms with E-state index < -0.39 is 0 Å². The van der Waals surface area contributed by atoms with Gasteiger partial charge in [0.15, 0.2) is 0 Å². The Morgan fingerprint density at radius 2 is 1.77 bits per heavy atom. The molecule has 8 heteroatoms. The number of hydrogen-bond acceptors (Lipinski definition) is 7. The predicted molar refractivity (Wildman–Crippen MR) is 153 cm³/mol. The normalized spacial score (nSPS) is 12.5. The van der Waals surface area contributed by atoms with Crippen LogP contribution in [0.2, 0.25) is 0 Å². The van der Waals surface area contributed by atoms with Crippen molar-refractivity contribution in [2.75, 3.05) is 22.1 Å². The standard InChI is InChI=1S/C31H27N7O/c1-21-8-9-26(18-28(21)37-31-34-15-11-27(36-31)24-7-4-13-32-19-24)35-30(39)23-10-14-33-29(17-23)38-16-12-22-5-2-3-6-25(22)20-38/h2-11,13-15,17-19H,12,16,20H2,1H3,(H,35,39)(H,34,36,37). The highest BCUT2D eigenvalue weighted by atomic mass is 16.1. The number of carbonyl (C=O) groups is 1. The van der Waals surface area contributed by atoms with E-state index in [9.17, 15) is 4.79 Å². The summed E-state index contributed by atoms with van der Waals surface area (Å²) in [4.78, 5) is 33.1. The Hall–Kier alpha value is -5.11. The number of hydrogen-bond donors (Lipinski definition) is 2. The van der Waals surface area contributed by atoms with E-state index in [1.807, 2.05) is 49.4 Å². The largest absolute Gasteiger partial charge is 0.352 e. The van der Waals surface area contributed by atoms with Crippen LogP contribution in [0.5, 0.6) is 0 Å². The number of pyridine rings is 2. The Balaban J connectivity index is 1.17. The predicted octanol–water partition coefficient (Wildman–Crippen LogP) is 5.80. The number of aromatic nitrogens is 4. The number of amides is 1. The van der Waals surface area contributed by atoms with Gasteiger partial charge in [0.2, 0.25) is 5.95 Å². The second-order valence-electron chi connectivity index (χ2n) is 9.46. The van der Waals surface area contributed by atoms with Crippen molar-refractivity contribution < 1.29 is 4.79 Å². The van der Waals surface area contributed by atoms with Crippen LogP contribution in [0.15, 0.2) is 97.6 Å². The van der Waals surface area contributed by atoms with Crippen LogP contribution in [0.25, 0.3) is 11.3 Å². The lowest BCUT2D eigenvalue weighted by atomic mass is 10.00. The van der Waals surface area contributed by atoms with Gasteiger partial charge >= 0.3 is 0 Å². The molecule has 2 N–H and O–H groups in total. The Labute approximate surface area is 226 Å². The number of aryl methyl sites for hydroxylation is 1. The first kappa shape index (κ1) is 24.2. The lowest BCUT2D eigenvalue weighted by Gasteiger charge is -2.29. The van der Waals surface area contributed by atoms with Gasteiger partial charge < -0.3 is 15.5 Å². The van der Waals surface area contributed by atoms with Gasteiger partial charge in [0.05, 0.1) is 5.69 Å². The second-order valence-corrected chi connectivity index (χ2v) is 9.46. The minimum absolute atomic E-state index is 0.194. The Bertz CT molecular complexity index is 1640. The zero-order chi connectivity index (χ0) is 26.6. The summed E-state index contributed by atoms with van der Waals surface area (Å²) in [7, 11) is 0.